The molecule has 1 aliphatic rings. The van der Waals surface area contributed by atoms with E-state index in [0.29, 0.717) is 47.5 Å². The SMILES string of the molecule is CC(C)N1CCCN(C(=O)c2ccncc2)c2ccc(F)cc2CN(C(=O)c2cnc3ccccc3n2)CC1. The first kappa shape index (κ1) is 26.4. The first-order chi connectivity index (χ1) is 18.9. The quantitative estimate of drug-likeness (QED) is 0.389. The van der Waals surface area contributed by atoms with E-state index in [9.17, 15) is 14.0 Å². The molecule has 0 bridgehead atoms. The van der Waals surface area contributed by atoms with Gasteiger partial charge in [0.15, 0.2) is 0 Å². The molecule has 5 rings (SSSR count). The minimum Gasteiger partial charge on any atom is -0.332 e. The van der Waals surface area contributed by atoms with Gasteiger partial charge in [-0.2, -0.15) is 0 Å². The van der Waals surface area contributed by atoms with Gasteiger partial charge in [-0.15, -0.1) is 0 Å². The normalized spacial score (nSPS) is 15.2. The molecule has 2 aromatic carbocycles. The van der Waals surface area contributed by atoms with Gasteiger partial charge in [-0.25, -0.2) is 9.37 Å². The Labute approximate surface area is 227 Å². The number of nitrogens with zero attached hydrogens (tertiary/aromatic N) is 6. The summed E-state index contributed by atoms with van der Waals surface area (Å²) in [5.74, 6) is -0.918. The van der Waals surface area contributed by atoms with Crippen LogP contribution in [0.4, 0.5) is 10.1 Å². The lowest BCUT2D eigenvalue weighted by Crippen LogP contribution is -2.41. The molecule has 0 saturated heterocycles. The number of hydrogen-bond donors (Lipinski definition) is 0. The summed E-state index contributed by atoms with van der Waals surface area (Å²) in [7, 11) is 0. The van der Waals surface area contributed by atoms with Gasteiger partial charge in [0.05, 0.1) is 17.2 Å². The van der Waals surface area contributed by atoms with Crippen molar-refractivity contribution >= 4 is 28.5 Å². The Hall–Kier alpha value is -4.24. The molecule has 0 radical (unpaired) electrons. The fourth-order valence-electron chi connectivity index (χ4n) is 4.92. The lowest BCUT2D eigenvalue weighted by molar-refractivity contribution is 0.0705. The van der Waals surface area contributed by atoms with Crippen LogP contribution >= 0.6 is 0 Å². The average Bonchev–Trinajstić information content (AvgIpc) is 2.99. The highest BCUT2D eigenvalue weighted by Crippen LogP contribution is 2.27. The largest absolute Gasteiger partial charge is 0.332 e. The van der Waals surface area contributed by atoms with Crippen molar-refractivity contribution in [1.29, 1.82) is 0 Å². The fourth-order valence-corrected chi connectivity index (χ4v) is 4.92. The van der Waals surface area contributed by atoms with Crippen LogP contribution in [0.25, 0.3) is 11.0 Å². The maximum absolute atomic E-state index is 14.6. The molecule has 0 atom stereocenters. The summed E-state index contributed by atoms with van der Waals surface area (Å²) >= 11 is 0. The summed E-state index contributed by atoms with van der Waals surface area (Å²) in [4.78, 5) is 46.1. The summed E-state index contributed by atoms with van der Waals surface area (Å²) in [6, 6.07) is 15.4. The van der Waals surface area contributed by atoms with Gasteiger partial charge >= 0.3 is 0 Å². The molecule has 200 valence electrons. The van der Waals surface area contributed by atoms with E-state index in [1.165, 1.54) is 18.3 Å². The van der Waals surface area contributed by atoms with Gasteiger partial charge in [0.1, 0.15) is 11.5 Å². The van der Waals surface area contributed by atoms with E-state index in [4.69, 9.17) is 0 Å². The van der Waals surface area contributed by atoms with Gasteiger partial charge in [0, 0.05) is 62.4 Å². The second kappa shape index (κ2) is 11.7. The van der Waals surface area contributed by atoms with Crippen LogP contribution in [-0.4, -0.2) is 68.8 Å². The highest BCUT2D eigenvalue weighted by Gasteiger charge is 2.26. The van der Waals surface area contributed by atoms with Crippen LogP contribution in [0.15, 0.2) is 73.2 Å². The molecular weight excluding hydrogens is 495 g/mol. The van der Waals surface area contributed by atoms with E-state index < -0.39 is 5.82 Å². The molecule has 2 aromatic heterocycles. The second-order valence-electron chi connectivity index (χ2n) is 9.92. The zero-order valence-corrected chi connectivity index (χ0v) is 22.1. The Morgan fingerprint density at radius 3 is 2.44 bits per heavy atom. The van der Waals surface area contributed by atoms with Crippen molar-refractivity contribution in [3.63, 3.8) is 0 Å². The summed E-state index contributed by atoms with van der Waals surface area (Å²) in [5.41, 5.74) is 3.19. The van der Waals surface area contributed by atoms with E-state index in [2.05, 4.69) is 33.7 Å². The number of pyridine rings is 1. The molecule has 8 nitrogen and oxygen atoms in total. The van der Waals surface area contributed by atoms with Crippen LogP contribution in [0.1, 0.15) is 46.7 Å². The van der Waals surface area contributed by atoms with E-state index in [0.717, 1.165) is 13.0 Å². The molecular formula is C30H31FN6O2. The number of para-hydroxylation sites is 2. The molecule has 0 fully saturated rings. The minimum atomic E-state index is -0.429. The summed E-state index contributed by atoms with van der Waals surface area (Å²) < 4.78 is 14.6. The number of carbonyl (C=O) groups is 2. The smallest absolute Gasteiger partial charge is 0.274 e. The van der Waals surface area contributed by atoms with Crippen molar-refractivity contribution in [2.45, 2.75) is 32.9 Å². The van der Waals surface area contributed by atoms with Crippen molar-refractivity contribution in [3.05, 3.63) is 95.8 Å². The highest BCUT2D eigenvalue weighted by atomic mass is 19.1. The molecule has 9 heteroatoms. The van der Waals surface area contributed by atoms with Crippen molar-refractivity contribution in [3.8, 4) is 0 Å². The zero-order chi connectivity index (χ0) is 27.4. The van der Waals surface area contributed by atoms with Gasteiger partial charge in [-0.1, -0.05) is 12.1 Å². The van der Waals surface area contributed by atoms with E-state index in [1.807, 2.05) is 24.3 Å². The predicted molar refractivity (Wildman–Crippen MR) is 148 cm³/mol. The van der Waals surface area contributed by atoms with Gasteiger partial charge in [-0.3, -0.25) is 24.5 Å². The summed E-state index contributed by atoms with van der Waals surface area (Å²) in [6.45, 7) is 6.59. The van der Waals surface area contributed by atoms with Crippen LogP contribution < -0.4 is 4.90 Å². The molecule has 3 heterocycles. The van der Waals surface area contributed by atoms with Crippen LogP contribution in [-0.2, 0) is 6.54 Å². The summed E-state index contributed by atoms with van der Waals surface area (Å²) in [5, 5.41) is 0. The Morgan fingerprint density at radius 1 is 0.897 bits per heavy atom. The molecule has 0 unspecified atom stereocenters. The molecule has 0 N–H and O–H groups in total. The first-order valence-corrected chi connectivity index (χ1v) is 13.2. The molecule has 0 spiro atoms. The molecule has 0 aliphatic carbocycles. The lowest BCUT2D eigenvalue weighted by atomic mass is 10.1. The number of hydrogen-bond acceptors (Lipinski definition) is 6. The maximum Gasteiger partial charge on any atom is 0.274 e. The minimum absolute atomic E-state index is 0.118. The standard InChI is InChI=1S/C30H31FN6O2/c1-21(2)35-14-5-15-37(29(38)22-10-12-32-13-11-22)28-9-8-24(31)18-23(28)20-36(17-16-35)30(39)27-19-33-25-6-3-4-7-26(25)34-27/h3-4,6-13,18-19,21H,5,14-17,20H2,1-2H3. The molecule has 4 aromatic rings. The van der Waals surface area contributed by atoms with Crippen molar-refractivity contribution in [2.24, 2.45) is 0 Å². The number of carbonyl (C=O) groups excluding carboxylic acids is 2. The molecule has 39 heavy (non-hydrogen) atoms. The van der Waals surface area contributed by atoms with E-state index >= 15 is 0 Å². The first-order valence-electron chi connectivity index (χ1n) is 13.2. The predicted octanol–water partition coefficient (Wildman–Crippen LogP) is 4.57. The Bertz CT molecular complexity index is 1480. The van der Waals surface area contributed by atoms with Crippen molar-refractivity contribution in [2.75, 3.05) is 31.1 Å². The Kier molecular flexibility index (Phi) is 7.88. The number of aromatic nitrogens is 3. The Morgan fingerprint density at radius 2 is 1.67 bits per heavy atom. The average molecular weight is 527 g/mol. The monoisotopic (exact) mass is 526 g/mol. The third kappa shape index (κ3) is 5.93. The van der Waals surface area contributed by atoms with Gasteiger partial charge in [0.2, 0.25) is 0 Å². The van der Waals surface area contributed by atoms with Gasteiger partial charge < -0.3 is 9.80 Å². The number of fused-ring (bicyclic) bond motifs is 2. The topological polar surface area (TPSA) is 82.5 Å². The van der Waals surface area contributed by atoms with Crippen LogP contribution in [0.3, 0.4) is 0 Å². The lowest BCUT2D eigenvalue weighted by Gasteiger charge is -2.30. The van der Waals surface area contributed by atoms with Crippen LogP contribution in [0.5, 0.6) is 0 Å². The summed E-state index contributed by atoms with van der Waals surface area (Å²) in [6.07, 6.45) is 5.37. The van der Waals surface area contributed by atoms with Crippen LogP contribution in [0.2, 0.25) is 0 Å². The van der Waals surface area contributed by atoms with Gasteiger partial charge in [-0.05, 0) is 68.3 Å². The van der Waals surface area contributed by atoms with Crippen molar-refractivity contribution < 1.29 is 14.0 Å². The van der Waals surface area contributed by atoms with E-state index in [1.54, 1.807) is 40.4 Å². The number of benzene rings is 2. The third-order valence-electron chi connectivity index (χ3n) is 7.04. The zero-order valence-electron chi connectivity index (χ0n) is 22.1. The fraction of sp³-hybridized carbons (Fsp3) is 0.300. The van der Waals surface area contributed by atoms with Gasteiger partial charge in [0.25, 0.3) is 11.8 Å². The number of rotatable bonds is 3. The highest BCUT2D eigenvalue weighted by molar-refractivity contribution is 6.06. The third-order valence-corrected chi connectivity index (χ3v) is 7.04. The second-order valence-corrected chi connectivity index (χ2v) is 9.92. The number of halogens is 1. The van der Waals surface area contributed by atoms with Crippen LogP contribution in [0, 0.1) is 5.82 Å². The number of amides is 2. The molecule has 0 saturated carbocycles. The van der Waals surface area contributed by atoms with E-state index in [-0.39, 0.29) is 30.1 Å². The van der Waals surface area contributed by atoms with Crippen molar-refractivity contribution in [1.82, 2.24) is 24.8 Å². The molecule has 2 amide bonds. The number of anilines is 1. The maximum atomic E-state index is 14.6. The molecule has 1 aliphatic heterocycles. The Balaban J connectivity index is 1.55.